The predicted octanol–water partition coefficient (Wildman–Crippen LogP) is 4.11. The van der Waals surface area contributed by atoms with Gasteiger partial charge in [0, 0.05) is 17.6 Å². The standard InChI is InChI=1S/C20H25ClN2O.ClH/c1-22-12-9-19(10-13-22)23-11-3-5-17(20(23)15-24)8-7-16-4-2-6-18(21)14-16;/h2-6,14-15,19H,7-13H2,1H3;1H. The van der Waals surface area contributed by atoms with E-state index in [1.807, 2.05) is 18.2 Å². The molecular formula is C20H26Cl2N2O. The van der Waals surface area contributed by atoms with Crippen LogP contribution >= 0.6 is 24.0 Å². The van der Waals surface area contributed by atoms with Crippen LogP contribution in [-0.2, 0) is 11.2 Å². The minimum absolute atomic E-state index is 0. The third-order valence-corrected chi connectivity index (χ3v) is 5.31. The molecule has 2 aliphatic rings. The van der Waals surface area contributed by atoms with Gasteiger partial charge in [-0.25, -0.2) is 0 Å². The van der Waals surface area contributed by atoms with Gasteiger partial charge in [-0.15, -0.1) is 12.4 Å². The molecule has 0 aromatic heterocycles. The van der Waals surface area contributed by atoms with Gasteiger partial charge in [0.05, 0.1) is 5.70 Å². The van der Waals surface area contributed by atoms with Crippen LogP contribution in [0.4, 0.5) is 0 Å². The number of rotatable bonds is 5. The lowest BCUT2D eigenvalue weighted by Crippen LogP contribution is -2.44. The average molecular weight is 381 g/mol. The fourth-order valence-electron chi connectivity index (χ4n) is 3.66. The molecule has 0 aliphatic carbocycles. The van der Waals surface area contributed by atoms with Crippen molar-refractivity contribution in [2.75, 3.05) is 26.7 Å². The van der Waals surface area contributed by atoms with Crippen molar-refractivity contribution in [1.82, 2.24) is 9.80 Å². The van der Waals surface area contributed by atoms with Gasteiger partial charge in [-0.2, -0.15) is 0 Å². The van der Waals surface area contributed by atoms with Crippen LogP contribution in [0, 0.1) is 0 Å². The number of benzene rings is 1. The molecule has 0 radical (unpaired) electrons. The first-order valence-electron chi connectivity index (χ1n) is 8.72. The summed E-state index contributed by atoms with van der Waals surface area (Å²) in [5, 5.41) is 0.768. The lowest BCUT2D eigenvalue weighted by Gasteiger charge is -2.40. The van der Waals surface area contributed by atoms with Crippen LogP contribution in [0.15, 0.2) is 47.7 Å². The number of halogens is 2. The molecule has 0 bridgehead atoms. The van der Waals surface area contributed by atoms with Gasteiger partial charge in [-0.3, -0.25) is 4.79 Å². The molecule has 0 spiro atoms. The van der Waals surface area contributed by atoms with Crippen molar-refractivity contribution in [3.05, 3.63) is 58.3 Å². The maximum Gasteiger partial charge on any atom is 0.166 e. The molecule has 0 atom stereocenters. The maximum absolute atomic E-state index is 11.8. The first-order chi connectivity index (χ1) is 11.7. The molecule has 2 heterocycles. The third-order valence-electron chi connectivity index (χ3n) is 5.07. The highest BCUT2D eigenvalue weighted by Gasteiger charge is 2.26. The third kappa shape index (κ3) is 5.10. The number of aldehydes is 1. The van der Waals surface area contributed by atoms with Gasteiger partial charge in [0.15, 0.2) is 6.29 Å². The van der Waals surface area contributed by atoms with Crippen LogP contribution < -0.4 is 0 Å². The second kappa shape index (κ2) is 9.42. The van der Waals surface area contributed by atoms with Crippen LogP contribution in [0.3, 0.4) is 0 Å². The number of hydrogen-bond acceptors (Lipinski definition) is 3. The summed E-state index contributed by atoms with van der Waals surface area (Å²) in [7, 11) is 2.17. The highest BCUT2D eigenvalue weighted by Crippen LogP contribution is 2.26. The van der Waals surface area contributed by atoms with E-state index in [0.29, 0.717) is 6.04 Å². The lowest BCUT2D eigenvalue weighted by molar-refractivity contribution is -0.106. The molecule has 3 nitrogen and oxygen atoms in total. The highest BCUT2D eigenvalue weighted by molar-refractivity contribution is 6.30. The zero-order valence-electron chi connectivity index (χ0n) is 14.7. The molecule has 1 saturated heterocycles. The van der Waals surface area contributed by atoms with E-state index in [1.54, 1.807) is 0 Å². The van der Waals surface area contributed by atoms with E-state index in [4.69, 9.17) is 11.6 Å². The van der Waals surface area contributed by atoms with Crippen molar-refractivity contribution < 1.29 is 4.79 Å². The topological polar surface area (TPSA) is 23.6 Å². The summed E-state index contributed by atoms with van der Waals surface area (Å²) < 4.78 is 0. The number of aryl methyl sites for hydroxylation is 1. The lowest BCUT2D eigenvalue weighted by atomic mass is 9.96. The Morgan fingerprint density at radius 2 is 2.00 bits per heavy atom. The average Bonchev–Trinajstić information content (AvgIpc) is 2.60. The minimum atomic E-state index is 0. The number of piperidine rings is 1. The summed E-state index contributed by atoms with van der Waals surface area (Å²) in [5.74, 6) is 0. The van der Waals surface area contributed by atoms with Crippen LogP contribution in [-0.4, -0.2) is 48.8 Å². The molecule has 2 aliphatic heterocycles. The van der Waals surface area contributed by atoms with E-state index in [9.17, 15) is 4.79 Å². The Labute approximate surface area is 161 Å². The molecule has 1 fully saturated rings. The van der Waals surface area contributed by atoms with Crippen molar-refractivity contribution in [1.29, 1.82) is 0 Å². The molecule has 25 heavy (non-hydrogen) atoms. The molecule has 0 saturated carbocycles. The summed E-state index contributed by atoms with van der Waals surface area (Å²) in [6.45, 7) is 3.06. The fourth-order valence-corrected chi connectivity index (χ4v) is 3.87. The number of nitrogens with zero attached hydrogens (tertiary/aromatic N) is 2. The summed E-state index contributed by atoms with van der Waals surface area (Å²) >= 11 is 6.06. The Hall–Kier alpha value is -1.29. The van der Waals surface area contributed by atoms with Gasteiger partial charge in [-0.1, -0.05) is 35.9 Å². The monoisotopic (exact) mass is 380 g/mol. The first kappa shape index (κ1) is 20.0. The van der Waals surface area contributed by atoms with E-state index in [-0.39, 0.29) is 12.4 Å². The number of allylic oxidation sites excluding steroid dienone is 3. The Kier molecular flexibility index (Phi) is 7.55. The van der Waals surface area contributed by atoms with Gasteiger partial charge in [0.1, 0.15) is 0 Å². The van der Waals surface area contributed by atoms with Crippen molar-refractivity contribution >= 4 is 30.3 Å². The summed E-state index contributed by atoms with van der Waals surface area (Å²) in [4.78, 5) is 16.5. The normalized spacial score (nSPS) is 19.0. The minimum Gasteiger partial charge on any atom is -0.362 e. The molecule has 1 aromatic rings. The highest BCUT2D eigenvalue weighted by atomic mass is 35.5. The molecule has 0 unspecified atom stereocenters. The smallest absolute Gasteiger partial charge is 0.166 e. The molecule has 0 amide bonds. The van der Waals surface area contributed by atoms with Crippen molar-refractivity contribution in [3.63, 3.8) is 0 Å². The Morgan fingerprint density at radius 1 is 1.24 bits per heavy atom. The van der Waals surface area contributed by atoms with Crippen molar-refractivity contribution in [2.45, 2.75) is 31.7 Å². The molecule has 5 heteroatoms. The van der Waals surface area contributed by atoms with Crippen molar-refractivity contribution in [2.24, 2.45) is 0 Å². The SMILES string of the molecule is CN1CCC(N2CC=CC(CCc3cccc(Cl)c3)=C2C=O)CC1.Cl. The predicted molar refractivity (Wildman–Crippen MR) is 106 cm³/mol. The fraction of sp³-hybridized carbons (Fsp3) is 0.450. The zero-order chi connectivity index (χ0) is 16.9. The number of carbonyl (C=O) groups excluding carboxylic acids is 1. The van der Waals surface area contributed by atoms with E-state index < -0.39 is 0 Å². The maximum atomic E-state index is 11.8. The Morgan fingerprint density at radius 3 is 2.68 bits per heavy atom. The second-order valence-electron chi connectivity index (χ2n) is 6.75. The largest absolute Gasteiger partial charge is 0.362 e. The zero-order valence-corrected chi connectivity index (χ0v) is 16.2. The quantitative estimate of drug-likeness (QED) is 0.717. The summed E-state index contributed by atoms with van der Waals surface area (Å²) in [6, 6.07) is 8.45. The van der Waals surface area contributed by atoms with E-state index in [0.717, 1.165) is 67.9 Å². The first-order valence-corrected chi connectivity index (χ1v) is 9.09. The molecule has 136 valence electrons. The molecule has 1 aromatic carbocycles. The number of carbonyl (C=O) groups is 1. The number of likely N-dealkylation sites (tertiary alicyclic amines) is 1. The Bertz CT molecular complexity index is 649. The molecule has 0 N–H and O–H groups in total. The Balaban J connectivity index is 0.00000225. The van der Waals surface area contributed by atoms with Gasteiger partial charge in [-0.05, 0) is 69.1 Å². The van der Waals surface area contributed by atoms with Gasteiger partial charge < -0.3 is 9.80 Å². The summed E-state index contributed by atoms with van der Waals surface area (Å²) in [5.41, 5.74) is 3.24. The van der Waals surface area contributed by atoms with E-state index in [2.05, 4.69) is 35.1 Å². The number of hydrogen-bond donors (Lipinski definition) is 0. The second-order valence-corrected chi connectivity index (χ2v) is 7.18. The van der Waals surface area contributed by atoms with Crippen molar-refractivity contribution in [3.8, 4) is 0 Å². The van der Waals surface area contributed by atoms with Gasteiger partial charge in [0.25, 0.3) is 0 Å². The van der Waals surface area contributed by atoms with E-state index in [1.165, 1.54) is 5.56 Å². The van der Waals surface area contributed by atoms with Crippen LogP contribution in [0.25, 0.3) is 0 Å². The van der Waals surface area contributed by atoms with Gasteiger partial charge in [0.2, 0.25) is 0 Å². The van der Waals surface area contributed by atoms with E-state index >= 15 is 0 Å². The van der Waals surface area contributed by atoms with Crippen LogP contribution in [0.1, 0.15) is 24.8 Å². The molecular weight excluding hydrogens is 355 g/mol. The molecule has 3 rings (SSSR count). The van der Waals surface area contributed by atoms with Gasteiger partial charge >= 0.3 is 0 Å². The van der Waals surface area contributed by atoms with Crippen LogP contribution in [0.2, 0.25) is 5.02 Å². The van der Waals surface area contributed by atoms with Crippen LogP contribution in [0.5, 0.6) is 0 Å². The summed E-state index contributed by atoms with van der Waals surface area (Å²) in [6.07, 6.45) is 9.40.